The van der Waals surface area contributed by atoms with E-state index in [0.717, 1.165) is 16.9 Å². The number of nitrogens with zero attached hydrogens (tertiary/aromatic N) is 1. The molecule has 0 aliphatic carbocycles. The maximum Gasteiger partial charge on any atom is 0.228 e. The normalized spacial score (nSPS) is 10.1. The van der Waals surface area contributed by atoms with Crippen LogP contribution in [0.15, 0.2) is 42.6 Å². The van der Waals surface area contributed by atoms with Crippen molar-refractivity contribution in [2.24, 2.45) is 0 Å². The molecule has 4 nitrogen and oxygen atoms in total. The van der Waals surface area contributed by atoms with Gasteiger partial charge in [0.2, 0.25) is 5.91 Å². The van der Waals surface area contributed by atoms with Crippen molar-refractivity contribution in [1.82, 2.24) is 4.98 Å². The Morgan fingerprint density at radius 3 is 2.89 bits per heavy atom. The summed E-state index contributed by atoms with van der Waals surface area (Å²) in [5.74, 6) is 0.0475. The van der Waals surface area contributed by atoms with E-state index < -0.39 is 0 Å². The monoisotopic (exact) mass is 242 g/mol. The molecule has 4 heteroatoms. The van der Waals surface area contributed by atoms with Crippen molar-refractivity contribution >= 4 is 11.6 Å². The molecule has 0 unspecified atom stereocenters. The second-order valence-corrected chi connectivity index (χ2v) is 4.08. The molecule has 1 aromatic carbocycles. The highest BCUT2D eigenvalue weighted by molar-refractivity contribution is 5.92. The van der Waals surface area contributed by atoms with Crippen LogP contribution in [-0.2, 0) is 11.2 Å². The van der Waals surface area contributed by atoms with Gasteiger partial charge in [-0.3, -0.25) is 9.78 Å². The van der Waals surface area contributed by atoms with Crippen molar-refractivity contribution in [3.05, 3.63) is 53.9 Å². The molecule has 2 rings (SSSR count). The minimum absolute atomic E-state index is 0.119. The van der Waals surface area contributed by atoms with Crippen LogP contribution in [0.3, 0.4) is 0 Å². The molecule has 18 heavy (non-hydrogen) atoms. The second kappa shape index (κ2) is 5.31. The lowest BCUT2D eigenvalue weighted by atomic mass is 10.1. The molecule has 0 saturated carbocycles. The summed E-state index contributed by atoms with van der Waals surface area (Å²) in [6, 6.07) is 10.2. The van der Waals surface area contributed by atoms with Crippen molar-refractivity contribution in [2.75, 3.05) is 5.32 Å². The van der Waals surface area contributed by atoms with Crippen LogP contribution >= 0.6 is 0 Å². The van der Waals surface area contributed by atoms with Crippen LogP contribution in [0.5, 0.6) is 5.75 Å². The van der Waals surface area contributed by atoms with Gasteiger partial charge in [-0.25, -0.2) is 0 Å². The molecule has 0 fully saturated rings. The molecule has 2 aromatic rings. The van der Waals surface area contributed by atoms with Gasteiger partial charge in [0.25, 0.3) is 0 Å². The number of carbonyl (C=O) groups excluding carboxylic acids is 1. The first-order valence-corrected chi connectivity index (χ1v) is 5.64. The number of anilines is 1. The predicted molar refractivity (Wildman–Crippen MR) is 69.4 cm³/mol. The highest BCUT2D eigenvalue weighted by atomic mass is 16.3. The fourth-order valence-corrected chi connectivity index (χ4v) is 1.68. The molecule has 1 heterocycles. The van der Waals surface area contributed by atoms with Gasteiger partial charge in [-0.15, -0.1) is 0 Å². The summed E-state index contributed by atoms with van der Waals surface area (Å²) in [6.45, 7) is 1.87. The molecule has 2 N–H and O–H groups in total. The van der Waals surface area contributed by atoms with Crippen molar-refractivity contribution in [1.29, 1.82) is 0 Å². The third-order valence-electron chi connectivity index (χ3n) is 2.46. The Morgan fingerprint density at radius 1 is 1.33 bits per heavy atom. The third kappa shape index (κ3) is 3.31. The van der Waals surface area contributed by atoms with Gasteiger partial charge in [0, 0.05) is 17.6 Å². The summed E-state index contributed by atoms with van der Waals surface area (Å²) in [6.07, 6.45) is 1.88. The number of amides is 1. The van der Waals surface area contributed by atoms with Crippen LogP contribution in [0.1, 0.15) is 11.3 Å². The minimum atomic E-state index is -0.119. The van der Waals surface area contributed by atoms with Gasteiger partial charge in [-0.05, 0) is 36.8 Å². The van der Waals surface area contributed by atoms with Gasteiger partial charge in [0.1, 0.15) is 5.75 Å². The van der Waals surface area contributed by atoms with Gasteiger partial charge >= 0.3 is 0 Å². The van der Waals surface area contributed by atoms with E-state index in [1.165, 1.54) is 0 Å². The smallest absolute Gasteiger partial charge is 0.228 e. The number of phenolic OH excluding ortho intramolecular Hbond substituents is 1. The molecular weight excluding hydrogens is 228 g/mol. The average Bonchev–Trinajstić information content (AvgIpc) is 2.28. The van der Waals surface area contributed by atoms with Crippen molar-refractivity contribution in [3.63, 3.8) is 0 Å². The number of hydrogen-bond donors (Lipinski definition) is 2. The summed E-state index contributed by atoms with van der Waals surface area (Å²) >= 11 is 0. The van der Waals surface area contributed by atoms with Crippen LogP contribution < -0.4 is 5.32 Å². The lowest BCUT2D eigenvalue weighted by Gasteiger charge is -2.06. The van der Waals surface area contributed by atoms with Gasteiger partial charge < -0.3 is 10.4 Å². The predicted octanol–water partition coefficient (Wildman–Crippen LogP) is 2.28. The fourth-order valence-electron chi connectivity index (χ4n) is 1.68. The summed E-state index contributed by atoms with van der Waals surface area (Å²) in [4.78, 5) is 15.8. The Hall–Kier alpha value is -2.36. The van der Waals surface area contributed by atoms with Crippen LogP contribution in [0.25, 0.3) is 0 Å². The summed E-state index contributed by atoms with van der Waals surface area (Å²) < 4.78 is 0. The summed E-state index contributed by atoms with van der Waals surface area (Å²) in [7, 11) is 0. The van der Waals surface area contributed by atoms with E-state index in [9.17, 15) is 9.90 Å². The number of hydrogen-bond acceptors (Lipinski definition) is 3. The molecule has 0 radical (unpaired) electrons. The number of pyridine rings is 1. The first-order valence-electron chi connectivity index (χ1n) is 5.64. The van der Waals surface area contributed by atoms with Crippen LogP contribution in [0.4, 0.5) is 5.69 Å². The number of nitrogens with one attached hydrogen (secondary N) is 1. The molecule has 0 spiro atoms. The Balaban J connectivity index is 2.01. The zero-order valence-electron chi connectivity index (χ0n) is 10.1. The SMILES string of the molecule is Cc1cc(NC(=O)Cc2cccc(O)c2)ccn1. The van der Waals surface area contributed by atoms with E-state index >= 15 is 0 Å². The first-order chi connectivity index (χ1) is 8.63. The van der Waals surface area contributed by atoms with Gasteiger partial charge in [0.15, 0.2) is 0 Å². The zero-order valence-corrected chi connectivity index (χ0v) is 10.1. The Morgan fingerprint density at radius 2 is 2.17 bits per heavy atom. The quantitative estimate of drug-likeness (QED) is 0.868. The molecule has 0 aliphatic rings. The number of carbonyl (C=O) groups is 1. The number of rotatable bonds is 3. The fraction of sp³-hybridized carbons (Fsp3) is 0.143. The van der Waals surface area contributed by atoms with E-state index in [0.29, 0.717) is 0 Å². The number of benzene rings is 1. The molecule has 0 saturated heterocycles. The van der Waals surface area contributed by atoms with Crippen LogP contribution in [0.2, 0.25) is 0 Å². The second-order valence-electron chi connectivity index (χ2n) is 4.08. The Labute approximate surface area is 105 Å². The van der Waals surface area contributed by atoms with E-state index in [1.54, 1.807) is 42.6 Å². The van der Waals surface area contributed by atoms with Crippen molar-refractivity contribution < 1.29 is 9.90 Å². The number of phenols is 1. The van der Waals surface area contributed by atoms with E-state index in [4.69, 9.17) is 0 Å². The average molecular weight is 242 g/mol. The Kier molecular flexibility index (Phi) is 3.57. The van der Waals surface area contributed by atoms with Crippen molar-refractivity contribution in [3.8, 4) is 5.75 Å². The van der Waals surface area contributed by atoms with E-state index in [-0.39, 0.29) is 18.1 Å². The molecule has 0 aliphatic heterocycles. The highest BCUT2D eigenvalue weighted by Crippen LogP contribution is 2.13. The van der Waals surface area contributed by atoms with Crippen LogP contribution in [0, 0.1) is 6.92 Å². The van der Waals surface area contributed by atoms with Gasteiger partial charge in [-0.1, -0.05) is 12.1 Å². The maximum absolute atomic E-state index is 11.8. The largest absolute Gasteiger partial charge is 0.508 e. The Bertz CT molecular complexity index is 518. The highest BCUT2D eigenvalue weighted by Gasteiger charge is 2.04. The first kappa shape index (κ1) is 12.1. The summed E-state index contributed by atoms with van der Waals surface area (Å²) in [5, 5.41) is 12.1. The molecule has 1 aromatic heterocycles. The lowest BCUT2D eigenvalue weighted by molar-refractivity contribution is -0.115. The van der Waals surface area contributed by atoms with E-state index in [1.807, 2.05) is 6.92 Å². The third-order valence-corrected chi connectivity index (χ3v) is 2.46. The molecule has 0 bridgehead atoms. The number of aromatic nitrogens is 1. The van der Waals surface area contributed by atoms with Gasteiger partial charge in [0.05, 0.1) is 6.42 Å². The standard InChI is InChI=1S/C14H14N2O2/c1-10-7-12(5-6-15-10)16-14(18)9-11-3-2-4-13(17)8-11/h2-8,17H,9H2,1H3,(H,15,16,18). The minimum Gasteiger partial charge on any atom is -0.508 e. The van der Waals surface area contributed by atoms with Crippen LogP contribution in [-0.4, -0.2) is 16.0 Å². The summed E-state index contributed by atoms with van der Waals surface area (Å²) in [5.41, 5.74) is 2.36. The molecule has 92 valence electrons. The topological polar surface area (TPSA) is 62.2 Å². The maximum atomic E-state index is 11.8. The molecule has 0 atom stereocenters. The van der Waals surface area contributed by atoms with Crippen molar-refractivity contribution in [2.45, 2.75) is 13.3 Å². The zero-order chi connectivity index (χ0) is 13.0. The number of aromatic hydroxyl groups is 1. The van der Waals surface area contributed by atoms with Gasteiger partial charge in [-0.2, -0.15) is 0 Å². The molecular formula is C14H14N2O2. The number of aryl methyl sites for hydroxylation is 1. The molecule has 1 amide bonds. The van der Waals surface area contributed by atoms with E-state index in [2.05, 4.69) is 10.3 Å². The lowest BCUT2D eigenvalue weighted by Crippen LogP contribution is -2.14.